The number of rotatable bonds is 5. The fourth-order valence-corrected chi connectivity index (χ4v) is 3.81. The summed E-state index contributed by atoms with van der Waals surface area (Å²) in [6, 6.07) is 3.98. The standard InChI is InChI=1S/C20H31F2N5/c1-3-23-20(24-13-15-6-9-26(2)10-7-15)25-17-8-11-27(14-17)19-5-4-16(21)12-18(19)22/h4-5,12,15,17H,3,6-11,13-14H2,1-2H3,(H2,23,24,25). The van der Waals surface area contributed by atoms with E-state index in [-0.39, 0.29) is 6.04 Å². The average Bonchev–Trinajstić information content (AvgIpc) is 3.09. The van der Waals surface area contributed by atoms with Gasteiger partial charge in [0, 0.05) is 38.3 Å². The predicted octanol–water partition coefficient (Wildman–Crippen LogP) is 2.44. The molecule has 1 unspecified atom stereocenters. The van der Waals surface area contributed by atoms with Crippen molar-refractivity contribution in [2.24, 2.45) is 10.9 Å². The Morgan fingerprint density at radius 2 is 1.96 bits per heavy atom. The minimum Gasteiger partial charge on any atom is -0.367 e. The van der Waals surface area contributed by atoms with Crippen molar-refractivity contribution in [1.82, 2.24) is 15.5 Å². The molecule has 0 spiro atoms. The van der Waals surface area contributed by atoms with Crippen LogP contribution in [0.25, 0.3) is 0 Å². The molecule has 0 aliphatic carbocycles. The first kappa shape index (κ1) is 19.9. The molecule has 0 saturated carbocycles. The number of piperidine rings is 1. The largest absolute Gasteiger partial charge is 0.367 e. The molecule has 0 amide bonds. The molecule has 0 aromatic heterocycles. The molecule has 1 aromatic rings. The molecule has 150 valence electrons. The summed E-state index contributed by atoms with van der Waals surface area (Å²) >= 11 is 0. The van der Waals surface area contributed by atoms with E-state index < -0.39 is 11.6 Å². The zero-order valence-electron chi connectivity index (χ0n) is 16.3. The van der Waals surface area contributed by atoms with Gasteiger partial charge in [0.25, 0.3) is 0 Å². The van der Waals surface area contributed by atoms with Crippen LogP contribution in [-0.4, -0.2) is 63.2 Å². The van der Waals surface area contributed by atoms with Crippen LogP contribution in [-0.2, 0) is 0 Å². The van der Waals surface area contributed by atoms with Gasteiger partial charge in [-0.2, -0.15) is 0 Å². The van der Waals surface area contributed by atoms with Gasteiger partial charge in [-0.3, -0.25) is 4.99 Å². The second-order valence-corrected chi connectivity index (χ2v) is 7.64. The van der Waals surface area contributed by atoms with Crippen molar-refractivity contribution in [2.75, 3.05) is 51.2 Å². The zero-order valence-corrected chi connectivity index (χ0v) is 16.3. The molecule has 7 heteroatoms. The third kappa shape index (κ3) is 5.54. The van der Waals surface area contributed by atoms with Gasteiger partial charge in [0.1, 0.15) is 11.6 Å². The maximum absolute atomic E-state index is 14.0. The lowest BCUT2D eigenvalue weighted by Gasteiger charge is -2.28. The van der Waals surface area contributed by atoms with Gasteiger partial charge < -0.3 is 20.4 Å². The molecule has 3 rings (SSSR count). The van der Waals surface area contributed by atoms with Gasteiger partial charge in [-0.1, -0.05) is 0 Å². The zero-order chi connectivity index (χ0) is 19.2. The van der Waals surface area contributed by atoms with Crippen LogP contribution in [0.15, 0.2) is 23.2 Å². The molecule has 2 heterocycles. The van der Waals surface area contributed by atoms with Gasteiger partial charge >= 0.3 is 0 Å². The first-order valence-electron chi connectivity index (χ1n) is 9.98. The molecule has 27 heavy (non-hydrogen) atoms. The molecule has 0 radical (unpaired) electrons. The Kier molecular flexibility index (Phi) is 6.88. The van der Waals surface area contributed by atoms with Crippen molar-refractivity contribution in [3.63, 3.8) is 0 Å². The molecule has 5 nitrogen and oxygen atoms in total. The number of hydrogen-bond donors (Lipinski definition) is 2. The summed E-state index contributed by atoms with van der Waals surface area (Å²) in [6.07, 6.45) is 3.29. The van der Waals surface area contributed by atoms with E-state index >= 15 is 0 Å². The normalized spacial score (nSPS) is 22.3. The SMILES string of the molecule is CCNC(=NCC1CCN(C)CC1)NC1CCN(c2ccc(F)cc2F)C1. The molecule has 0 bridgehead atoms. The third-order valence-electron chi connectivity index (χ3n) is 5.47. The fourth-order valence-electron chi connectivity index (χ4n) is 3.81. The Bertz CT molecular complexity index is 643. The van der Waals surface area contributed by atoms with E-state index in [1.165, 1.54) is 25.0 Å². The Balaban J connectivity index is 1.54. The van der Waals surface area contributed by atoms with E-state index in [9.17, 15) is 8.78 Å². The second-order valence-electron chi connectivity index (χ2n) is 7.64. The van der Waals surface area contributed by atoms with Crippen molar-refractivity contribution < 1.29 is 8.78 Å². The molecule has 2 saturated heterocycles. The van der Waals surface area contributed by atoms with Crippen LogP contribution in [0.3, 0.4) is 0 Å². The van der Waals surface area contributed by atoms with Gasteiger partial charge in [0.15, 0.2) is 5.96 Å². The summed E-state index contributed by atoms with van der Waals surface area (Å²) in [4.78, 5) is 9.12. The number of anilines is 1. The Morgan fingerprint density at radius 1 is 1.19 bits per heavy atom. The van der Waals surface area contributed by atoms with E-state index in [2.05, 4.69) is 29.5 Å². The lowest BCUT2D eigenvalue weighted by molar-refractivity contribution is 0.223. The van der Waals surface area contributed by atoms with Crippen LogP contribution in [0.1, 0.15) is 26.2 Å². The lowest BCUT2D eigenvalue weighted by Crippen LogP contribution is -2.45. The highest BCUT2D eigenvalue weighted by Crippen LogP contribution is 2.24. The maximum atomic E-state index is 14.0. The third-order valence-corrected chi connectivity index (χ3v) is 5.47. The summed E-state index contributed by atoms with van der Waals surface area (Å²) in [5.74, 6) is 0.437. The number of nitrogens with zero attached hydrogens (tertiary/aromatic N) is 3. The number of likely N-dealkylation sites (tertiary alicyclic amines) is 1. The summed E-state index contributed by atoms with van der Waals surface area (Å²) in [7, 11) is 2.17. The van der Waals surface area contributed by atoms with Crippen LogP contribution < -0.4 is 15.5 Å². The fraction of sp³-hybridized carbons (Fsp3) is 0.650. The highest BCUT2D eigenvalue weighted by Gasteiger charge is 2.25. The summed E-state index contributed by atoms with van der Waals surface area (Å²) in [5, 5.41) is 6.80. The Labute approximate surface area is 160 Å². The molecule has 2 aliphatic heterocycles. The van der Waals surface area contributed by atoms with Crippen molar-refractivity contribution in [3.8, 4) is 0 Å². The number of hydrogen-bond acceptors (Lipinski definition) is 3. The molecule has 1 atom stereocenters. The maximum Gasteiger partial charge on any atom is 0.191 e. The molecule has 1 aromatic carbocycles. The summed E-state index contributed by atoms with van der Waals surface area (Å²) in [6.45, 7) is 7.42. The topological polar surface area (TPSA) is 42.9 Å². The van der Waals surface area contributed by atoms with Crippen molar-refractivity contribution in [1.29, 1.82) is 0 Å². The van der Waals surface area contributed by atoms with Crippen LogP contribution >= 0.6 is 0 Å². The van der Waals surface area contributed by atoms with E-state index in [1.807, 2.05) is 4.90 Å². The van der Waals surface area contributed by atoms with Gasteiger partial charge in [0.2, 0.25) is 0 Å². The summed E-state index contributed by atoms with van der Waals surface area (Å²) < 4.78 is 27.2. The Hall–Kier alpha value is -1.89. The lowest BCUT2D eigenvalue weighted by atomic mass is 9.97. The van der Waals surface area contributed by atoms with Gasteiger partial charge in [-0.25, -0.2) is 8.78 Å². The van der Waals surface area contributed by atoms with E-state index in [1.54, 1.807) is 0 Å². The van der Waals surface area contributed by atoms with Crippen LogP contribution in [0, 0.1) is 17.6 Å². The number of aliphatic imine (C=N–C) groups is 1. The molecule has 2 fully saturated rings. The smallest absolute Gasteiger partial charge is 0.191 e. The van der Waals surface area contributed by atoms with Crippen molar-refractivity contribution in [3.05, 3.63) is 29.8 Å². The molecular weight excluding hydrogens is 348 g/mol. The summed E-state index contributed by atoms with van der Waals surface area (Å²) in [5.41, 5.74) is 0.467. The first-order valence-corrected chi connectivity index (χ1v) is 9.98. The van der Waals surface area contributed by atoms with E-state index in [4.69, 9.17) is 4.99 Å². The van der Waals surface area contributed by atoms with Gasteiger partial charge in [-0.05, 0) is 64.4 Å². The molecule has 2 aliphatic rings. The van der Waals surface area contributed by atoms with E-state index in [0.29, 0.717) is 18.2 Å². The highest BCUT2D eigenvalue weighted by atomic mass is 19.1. The van der Waals surface area contributed by atoms with Crippen molar-refractivity contribution in [2.45, 2.75) is 32.2 Å². The minimum absolute atomic E-state index is 0.199. The Morgan fingerprint density at radius 3 is 2.67 bits per heavy atom. The number of nitrogens with one attached hydrogen (secondary N) is 2. The number of guanidine groups is 1. The van der Waals surface area contributed by atoms with E-state index in [0.717, 1.165) is 51.2 Å². The van der Waals surface area contributed by atoms with Gasteiger partial charge in [-0.15, -0.1) is 0 Å². The minimum atomic E-state index is -0.541. The van der Waals surface area contributed by atoms with Crippen LogP contribution in [0.2, 0.25) is 0 Å². The molecule has 2 N–H and O–H groups in total. The molecular formula is C20H31F2N5. The number of halogens is 2. The monoisotopic (exact) mass is 379 g/mol. The average molecular weight is 379 g/mol. The first-order chi connectivity index (χ1) is 13.0. The second kappa shape index (κ2) is 9.35. The van der Waals surface area contributed by atoms with Gasteiger partial charge in [0.05, 0.1) is 5.69 Å². The predicted molar refractivity (Wildman–Crippen MR) is 106 cm³/mol. The quantitative estimate of drug-likeness (QED) is 0.609. The van der Waals surface area contributed by atoms with Crippen LogP contribution in [0.5, 0.6) is 0 Å². The highest BCUT2D eigenvalue weighted by molar-refractivity contribution is 5.80. The van der Waals surface area contributed by atoms with Crippen molar-refractivity contribution >= 4 is 11.6 Å². The van der Waals surface area contributed by atoms with Crippen LogP contribution in [0.4, 0.5) is 14.5 Å². The number of benzene rings is 1.